The van der Waals surface area contributed by atoms with E-state index in [-0.39, 0.29) is 0 Å². The van der Waals surface area contributed by atoms with E-state index in [1.807, 2.05) is 22.7 Å². The molecule has 0 aliphatic heterocycles. The standard InChI is InChI=1S/C64H41N3S2/c1-3-18-45(19-4-1)65(49-34-37-61-55(40-49)52-24-9-11-27-59(52)68-61)48-22-13-17-44(39-48)42-29-31-47(32-30-42)66(56-26-14-16-43-15-7-8-23-51(43)56)50-33-35-53-58(41-50)67(46-20-5-2-6-21-46)57-36-38-62-64(63(53)57)54-25-10-12-28-60(54)69-62/h1-41H. The first kappa shape index (κ1) is 39.7. The fourth-order valence-electron chi connectivity index (χ4n) is 10.6. The Morgan fingerprint density at radius 2 is 0.870 bits per heavy atom. The molecule has 14 aromatic rings. The van der Waals surface area contributed by atoms with E-state index in [4.69, 9.17) is 0 Å². The Morgan fingerprint density at radius 3 is 1.71 bits per heavy atom. The van der Waals surface area contributed by atoms with Gasteiger partial charge in [-0.05, 0) is 126 Å². The fourth-order valence-corrected chi connectivity index (χ4v) is 12.8. The van der Waals surface area contributed by atoms with Crippen LogP contribution in [0.3, 0.4) is 0 Å². The van der Waals surface area contributed by atoms with Crippen LogP contribution in [0.25, 0.3) is 89.7 Å². The summed E-state index contributed by atoms with van der Waals surface area (Å²) >= 11 is 3.73. The summed E-state index contributed by atoms with van der Waals surface area (Å²) in [7, 11) is 0. The number of fused-ring (bicyclic) bond motifs is 11. The van der Waals surface area contributed by atoms with Crippen LogP contribution in [-0.2, 0) is 0 Å². The number of benzene rings is 11. The van der Waals surface area contributed by atoms with Crippen molar-refractivity contribution >= 4 is 130 Å². The third-order valence-corrected chi connectivity index (χ3v) is 16.0. The Hall–Kier alpha value is -8.48. The van der Waals surface area contributed by atoms with Gasteiger partial charge in [-0.25, -0.2) is 0 Å². The molecule has 0 aliphatic carbocycles. The molecule has 0 unspecified atom stereocenters. The van der Waals surface area contributed by atoms with E-state index in [1.54, 1.807) is 0 Å². The zero-order valence-electron chi connectivity index (χ0n) is 37.3. The van der Waals surface area contributed by atoms with Gasteiger partial charge in [0, 0.05) is 90.6 Å². The van der Waals surface area contributed by atoms with E-state index in [0.29, 0.717) is 0 Å². The second-order valence-electron chi connectivity index (χ2n) is 17.7. The van der Waals surface area contributed by atoms with Crippen molar-refractivity contribution in [1.29, 1.82) is 0 Å². The summed E-state index contributed by atoms with van der Waals surface area (Å²) in [6.07, 6.45) is 0. The topological polar surface area (TPSA) is 11.4 Å². The van der Waals surface area contributed by atoms with Gasteiger partial charge in [0.25, 0.3) is 0 Å². The Labute approximate surface area is 407 Å². The third kappa shape index (κ3) is 6.54. The third-order valence-electron chi connectivity index (χ3n) is 13.7. The normalized spacial score (nSPS) is 11.8. The maximum Gasteiger partial charge on any atom is 0.0562 e. The lowest BCUT2D eigenvalue weighted by Crippen LogP contribution is -2.11. The molecule has 0 N–H and O–H groups in total. The van der Waals surface area contributed by atoms with Crippen LogP contribution in [0.5, 0.6) is 0 Å². The van der Waals surface area contributed by atoms with Crippen molar-refractivity contribution in [2.45, 2.75) is 0 Å². The minimum Gasteiger partial charge on any atom is -0.310 e. The monoisotopic (exact) mass is 915 g/mol. The van der Waals surface area contributed by atoms with E-state index in [9.17, 15) is 0 Å². The minimum absolute atomic E-state index is 1.08. The molecule has 0 amide bonds. The molecule has 3 heterocycles. The van der Waals surface area contributed by atoms with Crippen molar-refractivity contribution in [2.75, 3.05) is 9.80 Å². The van der Waals surface area contributed by atoms with Gasteiger partial charge in [-0.2, -0.15) is 0 Å². The van der Waals surface area contributed by atoms with Gasteiger partial charge in [-0.3, -0.25) is 0 Å². The van der Waals surface area contributed by atoms with Crippen molar-refractivity contribution in [3.8, 4) is 16.8 Å². The molecular formula is C64H41N3S2. The zero-order chi connectivity index (χ0) is 45.4. The van der Waals surface area contributed by atoms with Crippen molar-refractivity contribution in [3.05, 3.63) is 249 Å². The first-order valence-corrected chi connectivity index (χ1v) is 25.0. The highest BCUT2D eigenvalue weighted by molar-refractivity contribution is 7.26. The summed E-state index contributed by atoms with van der Waals surface area (Å²) in [6.45, 7) is 0. The molecule has 11 aromatic carbocycles. The highest BCUT2D eigenvalue weighted by Crippen LogP contribution is 2.47. The summed E-state index contributed by atoms with van der Waals surface area (Å²) in [5.41, 5.74) is 12.5. The van der Waals surface area contributed by atoms with Crippen LogP contribution in [-0.4, -0.2) is 4.57 Å². The van der Waals surface area contributed by atoms with Gasteiger partial charge < -0.3 is 14.4 Å². The number of anilines is 6. The average molecular weight is 916 g/mol. The predicted molar refractivity (Wildman–Crippen MR) is 299 cm³/mol. The number of hydrogen-bond donors (Lipinski definition) is 0. The van der Waals surface area contributed by atoms with Gasteiger partial charge in [0.15, 0.2) is 0 Å². The molecule has 3 nitrogen and oxygen atoms in total. The van der Waals surface area contributed by atoms with Gasteiger partial charge in [-0.1, -0.05) is 140 Å². The smallest absolute Gasteiger partial charge is 0.0562 e. The van der Waals surface area contributed by atoms with Gasteiger partial charge in [0.2, 0.25) is 0 Å². The molecule has 0 spiro atoms. The van der Waals surface area contributed by atoms with Crippen molar-refractivity contribution in [2.24, 2.45) is 0 Å². The molecule has 3 aromatic heterocycles. The van der Waals surface area contributed by atoms with Crippen LogP contribution in [0.1, 0.15) is 0 Å². The average Bonchev–Trinajstić information content (AvgIpc) is 4.09. The van der Waals surface area contributed by atoms with Crippen LogP contribution in [0.15, 0.2) is 249 Å². The lowest BCUT2D eigenvalue weighted by atomic mass is 10.0. The molecule has 14 rings (SSSR count). The summed E-state index contributed by atoms with van der Waals surface area (Å²) in [4.78, 5) is 4.81. The number of rotatable bonds is 8. The van der Waals surface area contributed by atoms with E-state index < -0.39 is 0 Å². The molecule has 0 saturated heterocycles. The molecule has 0 fully saturated rings. The van der Waals surface area contributed by atoms with Crippen LogP contribution in [0.2, 0.25) is 0 Å². The van der Waals surface area contributed by atoms with Gasteiger partial charge in [-0.15, -0.1) is 22.7 Å². The summed E-state index contributed by atoms with van der Waals surface area (Å²) in [5.74, 6) is 0. The molecule has 324 valence electrons. The fraction of sp³-hybridized carbons (Fsp3) is 0. The Kier molecular flexibility index (Phi) is 9.26. The quantitative estimate of drug-likeness (QED) is 0.150. The van der Waals surface area contributed by atoms with Crippen LogP contribution in [0.4, 0.5) is 34.1 Å². The molecule has 0 bridgehead atoms. The van der Waals surface area contributed by atoms with Gasteiger partial charge >= 0.3 is 0 Å². The Balaban J connectivity index is 0.917. The van der Waals surface area contributed by atoms with Crippen molar-refractivity contribution in [3.63, 3.8) is 0 Å². The van der Waals surface area contributed by atoms with Crippen molar-refractivity contribution < 1.29 is 0 Å². The van der Waals surface area contributed by atoms with E-state index >= 15 is 0 Å². The lowest BCUT2D eigenvalue weighted by molar-refractivity contribution is 1.18. The maximum atomic E-state index is 2.46. The van der Waals surface area contributed by atoms with Crippen LogP contribution < -0.4 is 9.80 Å². The number of thiophene rings is 2. The zero-order valence-corrected chi connectivity index (χ0v) is 39.0. The Bertz CT molecular complexity index is 4260. The maximum absolute atomic E-state index is 2.46. The molecule has 5 heteroatoms. The highest BCUT2D eigenvalue weighted by Gasteiger charge is 2.22. The number of aromatic nitrogens is 1. The number of para-hydroxylation sites is 2. The van der Waals surface area contributed by atoms with Crippen LogP contribution in [0, 0.1) is 0 Å². The number of nitrogens with zero attached hydrogens (tertiary/aromatic N) is 3. The largest absolute Gasteiger partial charge is 0.310 e. The van der Waals surface area contributed by atoms with E-state index in [0.717, 1.165) is 50.9 Å². The Morgan fingerprint density at radius 1 is 0.290 bits per heavy atom. The summed E-state index contributed by atoms with van der Waals surface area (Å²) in [6, 6.07) is 91.1. The predicted octanol–water partition coefficient (Wildman–Crippen LogP) is 19.3. The first-order valence-electron chi connectivity index (χ1n) is 23.4. The molecule has 0 radical (unpaired) electrons. The molecular weight excluding hydrogens is 875 g/mol. The van der Waals surface area contributed by atoms with Gasteiger partial charge in [0.05, 0.1) is 16.7 Å². The lowest BCUT2D eigenvalue weighted by Gasteiger charge is -2.27. The highest BCUT2D eigenvalue weighted by atomic mass is 32.1. The van der Waals surface area contributed by atoms with Gasteiger partial charge in [0.1, 0.15) is 0 Å². The van der Waals surface area contributed by atoms with Crippen molar-refractivity contribution in [1.82, 2.24) is 4.57 Å². The van der Waals surface area contributed by atoms with Crippen LogP contribution >= 0.6 is 22.7 Å². The first-order chi connectivity index (χ1) is 34.2. The summed E-state index contributed by atoms with van der Waals surface area (Å²) < 4.78 is 7.69. The summed E-state index contributed by atoms with van der Waals surface area (Å²) in [5, 5.41) is 10.2. The molecule has 0 saturated carbocycles. The van der Waals surface area contributed by atoms with E-state index in [1.165, 1.54) is 72.9 Å². The minimum atomic E-state index is 1.08. The SMILES string of the molecule is c1ccc(N(c2cccc(-c3ccc(N(c4ccc5c6c7c(ccc6n(-c6ccccc6)c5c4)sc4ccccc47)c4cccc5ccccc45)cc3)c2)c2ccc3sc4ccccc4c3c2)cc1. The van der Waals surface area contributed by atoms with E-state index in [2.05, 4.69) is 263 Å². The molecule has 0 aliphatic rings. The second kappa shape index (κ2) is 16.1. The number of hydrogen-bond acceptors (Lipinski definition) is 4. The molecule has 0 atom stereocenters. The molecule has 69 heavy (non-hydrogen) atoms. The second-order valence-corrected chi connectivity index (χ2v) is 19.9.